The van der Waals surface area contributed by atoms with E-state index in [1.807, 2.05) is 0 Å². The van der Waals surface area contributed by atoms with E-state index in [4.69, 9.17) is 17.2 Å². The van der Waals surface area contributed by atoms with E-state index in [0.717, 1.165) is 6.42 Å². The first-order valence-electron chi connectivity index (χ1n) is 4.92. The van der Waals surface area contributed by atoms with Crippen LogP contribution in [0.15, 0.2) is 11.6 Å². The van der Waals surface area contributed by atoms with Crippen LogP contribution in [-0.4, -0.2) is 29.3 Å². The number of aromatic nitrogens is 1. The van der Waals surface area contributed by atoms with Crippen LogP contribution in [0.2, 0.25) is 0 Å². The van der Waals surface area contributed by atoms with Crippen LogP contribution in [-0.2, 0) is 0 Å². The number of Topliss-reactive ketones (excluding diaryl/α,β-unsaturated/α-hetero) is 1. The summed E-state index contributed by atoms with van der Waals surface area (Å²) in [5.41, 5.74) is 16.2. The molecule has 1 aromatic heterocycles. The molecule has 0 saturated heterocycles. The second-order valence-electron chi connectivity index (χ2n) is 3.33. The lowest BCUT2D eigenvalue weighted by molar-refractivity contribution is -0.459. The van der Waals surface area contributed by atoms with E-state index in [0.29, 0.717) is 18.0 Å². The smallest absolute Gasteiger partial charge is 0.321 e. The Labute approximate surface area is 97.6 Å². The number of carbonyl (C=O) groups is 1. The van der Waals surface area contributed by atoms with Gasteiger partial charge in [0.05, 0.1) is 12.6 Å². The molecule has 88 valence electrons. The molecule has 1 unspecified atom stereocenters. The maximum absolute atomic E-state index is 11.7. The summed E-state index contributed by atoms with van der Waals surface area (Å²) in [4.78, 5) is 18.4. The molecule has 7 heteroatoms. The highest BCUT2D eigenvalue weighted by molar-refractivity contribution is 7.11. The third-order valence-electron chi connectivity index (χ3n) is 2.00. The lowest BCUT2D eigenvalue weighted by atomic mass is 10.1. The average molecular weight is 242 g/mol. The third kappa shape index (κ3) is 3.95. The van der Waals surface area contributed by atoms with Crippen molar-refractivity contribution in [1.82, 2.24) is 4.98 Å². The highest BCUT2D eigenvalue weighted by atomic mass is 32.1. The first kappa shape index (κ1) is 12.6. The molecule has 6 nitrogen and oxygen atoms in total. The Morgan fingerprint density at radius 1 is 1.56 bits per heavy atom. The van der Waals surface area contributed by atoms with E-state index in [2.05, 4.69) is 9.98 Å². The molecule has 1 atom stereocenters. The molecule has 7 N–H and O–H groups in total. The molecule has 0 aromatic carbocycles. The van der Waals surface area contributed by atoms with E-state index in [-0.39, 0.29) is 11.7 Å². The molecule has 0 saturated carbocycles. The van der Waals surface area contributed by atoms with Crippen LogP contribution in [0.25, 0.3) is 0 Å². The van der Waals surface area contributed by atoms with Crippen molar-refractivity contribution < 1.29 is 9.79 Å². The maximum Gasteiger partial charge on any atom is 0.338 e. The summed E-state index contributed by atoms with van der Waals surface area (Å²) < 4.78 is 0. The molecule has 0 amide bonds. The number of guanidine groups is 1. The Balaban J connectivity index is 2.33. The highest BCUT2D eigenvalue weighted by Gasteiger charge is 2.17. The lowest BCUT2D eigenvalue weighted by Crippen LogP contribution is -2.78. The van der Waals surface area contributed by atoms with E-state index < -0.39 is 6.04 Å². The van der Waals surface area contributed by atoms with Crippen molar-refractivity contribution in [3.8, 4) is 0 Å². The molecule has 0 fully saturated rings. The molecule has 1 aromatic rings. The summed E-state index contributed by atoms with van der Waals surface area (Å²) in [5.74, 6) is 0.0690. The SMILES string of the molecule is NC(N)=[NH+]CCCC(N)C(=O)c1nccs1. The fraction of sp³-hybridized carbons (Fsp3) is 0.444. The number of ketones is 1. The van der Waals surface area contributed by atoms with E-state index >= 15 is 0 Å². The van der Waals surface area contributed by atoms with Gasteiger partial charge in [-0.2, -0.15) is 0 Å². The van der Waals surface area contributed by atoms with Gasteiger partial charge in [0.15, 0.2) is 5.01 Å². The number of nitrogens with zero attached hydrogens (tertiary/aromatic N) is 1. The van der Waals surface area contributed by atoms with E-state index in [1.165, 1.54) is 11.3 Å². The van der Waals surface area contributed by atoms with Crippen molar-refractivity contribution in [3.63, 3.8) is 0 Å². The fourth-order valence-corrected chi connectivity index (χ4v) is 1.83. The van der Waals surface area contributed by atoms with Crippen LogP contribution in [0.3, 0.4) is 0 Å². The average Bonchev–Trinajstić information content (AvgIpc) is 2.76. The summed E-state index contributed by atoms with van der Waals surface area (Å²) in [6, 6.07) is -0.507. The Hall–Kier alpha value is -1.47. The van der Waals surface area contributed by atoms with Crippen LogP contribution < -0.4 is 22.2 Å². The topological polar surface area (TPSA) is 122 Å². The predicted molar refractivity (Wildman–Crippen MR) is 62.9 cm³/mol. The van der Waals surface area contributed by atoms with Gasteiger partial charge in [0.1, 0.15) is 0 Å². The molecule has 1 rings (SSSR count). The summed E-state index contributed by atoms with van der Waals surface area (Å²) in [6.45, 7) is 0.612. The zero-order valence-electron chi connectivity index (χ0n) is 8.85. The zero-order valence-corrected chi connectivity index (χ0v) is 9.67. The minimum absolute atomic E-state index is 0.111. The number of hydrogen-bond donors (Lipinski definition) is 4. The van der Waals surface area contributed by atoms with Crippen molar-refractivity contribution in [1.29, 1.82) is 0 Å². The number of thiazole rings is 1. The number of hydrogen-bond acceptors (Lipinski definition) is 4. The van der Waals surface area contributed by atoms with Crippen molar-refractivity contribution in [2.24, 2.45) is 17.2 Å². The van der Waals surface area contributed by atoms with E-state index in [1.54, 1.807) is 11.6 Å². The first-order chi connectivity index (χ1) is 7.61. The molecule has 0 aliphatic heterocycles. The van der Waals surface area contributed by atoms with Crippen LogP contribution in [0.4, 0.5) is 0 Å². The van der Waals surface area contributed by atoms with Gasteiger partial charge in [0.25, 0.3) is 0 Å². The molecule has 0 bridgehead atoms. The molecule has 0 aliphatic carbocycles. The molecule has 16 heavy (non-hydrogen) atoms. The van der Waals surface area contributed by atoms with Gasteiger partial charge in [-0.15, -0.1) is 11.3 Å². The van der Waals surface area contributed by atoms with Gasteiger partial charge < -0.3 is 5.73 Å². The second-order valence-corrected chi connectivity index (χ2v) is 4.23. The van der Waals surface area contributed by atoms with Gasteiger partial charge in [-0.3, -0.25) is 21.3 Å². The minimum Gasteiger partial charge on any atom is -0.321 e. The standard InChI is InChI=1S/C9H15N5OS/c10-6(2-1-3-14-9(11)12)7(15)8-13-4-5-16-8/h4-6H,1-3,10H2,(H4,11,12,14)/p+1. The normalized spacial score (nSPS) is 12.1. The Bertz CT molecular complexity index is 358. The first-order valence-corrected chi connectivity index (χ1v) is 5.80. The van der Waals surface area contributed by atoms with Gasteiger partial charge >= 0.3 is 5.96 Å². The largest absolute Gasteiger partial charge is 0.338 e. The summed E-state index contributed by atoms with van der Waals surface area (Å²) in [5, 5.41) is 2.22. The zero-order chi connectivity index (χ0) is 12.0. The van der Waals surface area contributed by atoms with Crippen molar-refractivity contribution in [3.05, 3.63) is 16.6 Å². The summed E-state index contributed by atoms with van der Waals surface area (Å²) >= 11 is 1.30. The van der Waals surface area contributed by atoms with E-state index in [9.17, 15) is 4.79 Å². The Kier molecular flexibility index (Phi) is 4.87. The third-order valence-corrected chi connectivity index (χ3v) is 2.79. The fourth-order valence-electron chi connectivity index (χ4n) is 1.19. The molecular weight excluding hydrogens is 226 g/mol. The minimum atomic E-state index is -0.507. The monoisotopic (exact) mass is 242 g/mol. The highest BCUT2D eigenvalue weighted by Crippen LogP contribution is 2.08. The van der Waals surface area contributed by atoms with Crippen molar-refractivity contribution in [2.75, 3.05) is 6.54 Å². The predicted octanol–water partition coefficient (Wildman–Crippen LogP) is -2.21. The van der Waals surface area contributed by atoms with Crippen LogP contribution in [0.5, 0.6) is 0 Å². The van der Waals surface area contributed by atoms with Crippen molar-refractivity contribution in [2.45, 2.75) is 18.9 Å². The molecule has 0 spiro atoms. The van der Waals surface area contributed by atoms with Crippen LogP contribution in [0, 0.1) is 0 Å². The Morgan fingerprint density at radius 2 is 2.31 bits per heavy atom. The maximum atomic E-state index is 11.7. The van der Waals surface area contributed by atoms with Gasteiger partial charge in [0, 0.05) is 11.6 Å². The number of nitrogens with two attached hydrogens (primary N) is 3. The lowest BCUT2D eigenvalue weighted by Gasteiger charge is -2.06. The molecule has 0 aliphatic rings. The van der Waals surface area contributed by atoms with Crippen molar-refractivity contribution >= 4 is 23.1 Å². The quantitative estimate of drug-likeness (QED) is 0.195. The summed E-state index contributed by atoms with van der Waals surface area (Å²) in [7, 11) is 0. The van der Waals surface area contributed by atoms with Crippen LogP contribution in [0.1, 0.15) is 22.6 Å². The van der Waals surface area contributed by atoms with Gasteiger partial charge in [-0.25, -0.2) is 4.98 Å². The number of rotatable bonds is 6. The summed E-state index contributed by atoms with van der Waals surface area (Å²) in [6.07, 6.45) is 2.91. The van der Waals surface area contributed by atoms with Crippen LogP contribution >= 0.6 is 11.3 Å². The molecular formula is C9H16N5OS+. The Morgan fingerprint density at radius 3 is 2.88 bits per heavy atom. The number of carbonyl (C=O) groups excluding carboxylic acids is 1. The second kappa shape index (κ2) is 6.19. The number of nitrogens with one attached hydrogen (secondary N) is 1. The van der Waals surface area contributed by atoms with Gasteiger partial charge in [0.2, 0.25) is 5.78 Å². The molecule has 1 heterocycles. The van der Waals surface area contributed by atoms with Gasteiger partial charge in [-0.05, 0) is 12.8 Å². The molecule has 0 radical (unpaired) electrons. The van der Waals surface area contributed by atoms with Gasteiger partial charge in [-0.1, -0.05) is 0 Å².